The third kappa shape index (κ3) is 7.78. The molecule has 1 heterocycles. The van der Waals surface area contributed by atoms with Crippen LogP contribution in [0.4, 0.5) is 0 Å². The molecule has 1 saturated heterocycles. The molecule has 1 aromatic carbocycles. The first-order valence-corrected chi connectivity index (χ1v) is 10.8. The highest BCUT2D eigenvalue weighted by Crippen LogP contribution is 2.20. The predicted octanol–water partition coefficient (Wildman–Crippen LogP) is 2.82. The number of aliphatic imine (C=N–C) groups is 1. The van der Waals surface area contributed by atoms with Crippen LogP contribution in [-0.4, -0.2) is 69.5 Å². The Bertz CT molecular complexity index is 543. The van der Waals surface area contributed by atoms with Crippen LogP contribution in [0.25, 0.3) is 0 Å². The van der Waals surface area contributed by atoms with Crippen LogP contribution in [0.2, 0.25) is 0 Å². The van der Waals surface area contributed by atoms with Gasteiger partial charge in [0, 0.05) is 26.3 Å². The average Bonchev–Trinajstić information content (AvgIpc) is 3.25. The topological polar surface area (TPSA) is 58.1 Å². The maximum Gasteiger partial charge on any atom is 0.191 e. The summed E-state index contributed by atoms with van der Waals surface area (Å²) in [6, 6.07) is 11.0. The third-order valence-electron chi connectivity index (χ3n) is 5.06. The molecule has 158 valence electrons. The Morgan fingerprint density at radius 2 is 2.00 bits per heavy atom. The van der Waals surface area contributed by atoms with Crippen molar-refractivity contribution in [3.63, 3.8) is 0 Å². The number of nitrogens with one attached hydrogen (secondary N) is 2. The number of rotatable bonds is 12. The van der Waals surface area contributed by atoms with Gasteiger partial charge in [0.05, 0.1) is 25.3 Å². The quantitative estimate of drug-likeness (QED) is 0.327. The van der Waals surface area contributed by atoms with Crippen LogP contribution >= 0.6 is 0 Å². The molecule has 2 N–H and O–H groups in total. The summed E-state index contributed by atoms with van der Waals surface area (Å²) in [4.78, 5) is 7.33. The molecule has 1 fully saturated rings. The Hall–Kier alpha value is -1.63. The van der Waals surface area contributed by atoms with Crippen molar-refractivity contribution in [1.29, 1.82) is 0 Å². The highest BCUT2D eigenvalue weighted by molar-refractivity contribution is 5.79. The summed E-state index contributed by atoms with van der Waals surface area (Å²) in [7, 11) is 0. The van der Waals surface area contributed by atoms with Crippen LogP contribution in [-0.2, 0) is 9.47 Å². The minimum absolute atomic E-state index is 0.280. The Labute approximate surface area is 170 Å². The lowest BCUT2D eigenvalue weighted by molar-refractivity contribution is 0.0420. The van der Waals surface area contributed by atoms with Crippen molar-refractivity contribution in [1.82, 2.24) is 15.5 Å². The Morgan fingerprint density at radius 3 is 2.64 bits per heavy atom. The van der Waals surface area contributed by atoms with Gasteiger partial charge in [-0.3, -0.25) is 9.89 Å². The molecule has 1 aliphatic heterocycles. The molecule has 6 nitrogen and oxygen atoms in total. The SMILES string of the molecule is CCNC(=NCC(c1ccccc1)N(CC)CC)NCCCOC1CCOC1. The maximum atomic E-state index is 5.83. The zero-order valence-corrected chi connectivity index (χ0v) is 17.8. The van der Waals surface area contributed by atoms with Gasteiger partial charge in [-0.25, -0.2) is 0 Å². The summed E-state index contributed by atoms with van der Waals surface area (Å²) in [6.45, 7) is 13.3. The van der Waals surface area contributed by atoms with Gasteiger partial charge in [-0.1, -0.05) is 44.2 Å². The summed E-state index contributed by atoms with van der Waals surface area (Å²) in [5, 5.41) is 6.79. The van der Waals surface area contributed by atoms with Crippen LogP contribution in [0.1, 0.15) is 45.2 Å². The zero-order valence-electron chi connectivity index (χ0n) is 17.8. The number of nitrogens with zero attached hydrogens (tertiary/aromatic N) is 2. The smallest absolute Gasteiger partial charge is 0.191 e. The molecule has 1 aromatic rings. The molecule has 6 heteroatoms. The lowest BCUT2D eigenvalue weighted by Gasteiger charge is -2.29. The highest BCUT2D eigenvalue weighted by Gasteiger charge is 2.18. The van der Waals surface area contributed by atoms with Gasteiger partial charge < -0.3 is 20.1 Å². The number of likely N-dealkylation sites (N-methyl/N-ethyl adjacent to an activating group) is 1. The molecule has 28 heavy (non-hydrogen) atoms. The summed E-state index contributed by atoms with van der Waals surface area (Å²) in [5.41, 5.74) is 1.32. The Kier molecular flexibility index (Phi) is 10.9. The van der Waals surface area contributed by atoms with Gasteiger partial charge in [0.15, 0.2) is 5.96 Å². The van der Waals surface area contributed by atoms with Crippen molar-refractivity contribution in [3.05, 3.63) is 35.9 Å². The maximum absolute atomic E-state index is 5.83. The van der Waals surface area contributed by atoms with Crippen LogP contribution in [0.15, 0.2) is 35.3 Å². The zero-order chi connectivity index (χ0) is 20.0. The lowest BCUT2D eigenvalue weighted by Crippen LogP contribution is -2.39. The first kappa shape index (κ1) is 22.7. The minimum Gasteiger partial charge on any atom is -0.379 e. The van der Waals surface area contributed by atoms with Crippen LogP contribution < -0.4 is 10.6 Å². The first-order chi connectivity index (χ1) is 13.8. The predicted molar refractivity (Wildman–Crippen MR) is 116 cm³/mol. The van der Waals surface area contributed by atoms with Gasteiger partial charge >= 0.3 is 0 Å². The van der Waals surface area contributed by atoms with Crippen molar-refractivity contribution in [2.45, 2.75) is 45.8 Å². The van der Waals surface area contributed by atoms with Crippen molar-refractivity contribution in [2.75, 3.05) is 52.5 Å². The molecule has 2 atom stereocenters. The van der Waals surface area contributed by atoms with E-state index < -0.39 is 0 Å². The van der Waals surface area contributed by atoms with Gasteiger partial charge in [-0.05, 0) is 38.4 Å². The highest BCUT2D eigenvalue weighted by atomic mass is 16.5. The largest absolute Gasteiger partial charge is 0.379 e. The average molecular weight is 391 g/mol. The van der Waals surface area contributed by atoms with Gasteiger partial charge in [0.1, 0.15) is 0 Å². The molecule has 0 spiro atoms. The summed E-state index contributed by atoms with van der Waals surface area (Å²) in [6.07, 6.45) is 2.26. The number of hydrogen-bond acceptors (Lipinski definition) is 4. The molecule has 1 aliphatic rings. The van der Waals surface area contributed by atoms with Crippen molar-refractivity contribution >= 4 is 5.96 Å². The number of ether oxygens (including phenoxy) is 2. The van der Waals surface area contributed by atoms with E-state index in [-0.39, 0.29) is 12.1 Å². The molecule has 2 unspecified atom stereocenters. The standard InChI is InChI=1S/C22H38N4O2/c1-4-23-22(24-14-10-15-28-20-13-16-27-18-20)25-17-21(26(5-2)6-3)19-11-8-7-9-12-19/h7-9,11-12,20-21H,4-6,10,13-18H2,1-3H3,(H2,23,24,25). The molecule has 2 rings (SSSR count). The molecule has 0 bridgehead atoms. The van der Waals surface area contributed by atoms with E-state index in [9.17, 15) is 0 Å². The second kappa shape index (κ2) is 13.5. The Balaban J connectivity index is 1.86. The van der Waals surface area contributed by atoms with E-state index in [4.69, 9.17) is 14.5 Å². The second-order valence-electron chi connectivity index (χ2n) is 7.00. The van der Waals surface area contributed by atoms with Crippen molar-refractivity contribution in [3.8, 4) is 0 Å². The van der Waals surface area contributed by atoms with Crippen molar-refractivity contribution in [2.24, 2.45) is 4.99 Å². The van der Waals surface area contributed by atoms with Gasteiger partial charge in [0.25, 0.3) is 0 Å². The van der Waals surface area contributed by atoms with Gasteiger partial charge in [-0.15, -0.1) is 0 Å². The lowest BCUT2D eigenvalue weighted by atomic mass is 10.1. The summed E-state index contributed by atoms with van der Waals surface area (Å²) >= 11 is 0. The molecule has 0 saturated carbocycles. The molecule has 0 aromatic heterocycles. The molecular weight excluding hydrogens is 352 g/mol. The third-order valence-corrected chi connectivity index (χ3v) is 5.06. The number of guanidine groups is 1. The first-order valence-electron chi connectivity index (χ1n) is 10.8. The van der Waals surface area contributed by atoms with Crippen LogP contribution in [0.5, 0.6) is 0 Å². The van der Waals surface area contributed by atoms with Crippen LogP contribution in [0, 0.1) is 0 Å². The molecule has 0 radical (unpaired) electrons. The van der Waals surface area contributed by atoms with E-state index >= 15 is 0 Å². The fraction of sp³-hybridized carbons (Fsp3) is 0.682. The van der Waals surface area contributed by atoms with Crippen LogP contribution in [0.3, 0.4) is 0 Å². The second-order valence-corrected chi connectivity index (χ2v) is 7.00. The summed E-state index contributed by atoms with van der Waals surface area (Å²) < 4.78 is 11.2. The van der Waals surface area contributed by atoms with E-state index in [1.54, 1.807) is 0 Å². The number of benzene rings is 1. The monoisotopic (exact) mass is 390 g/mol. The summed E-state index contributed by atoms with van der Waals surface area (Å²) in [5.74, 6) is 0.875. The van der Waals surface area contributed by atoms with E-state index in [0.29, 0.717) is 0 Å². The fourth-order valence-electron chi connectivity index (χ4n) is 3.46. The van der Waals surface area contributed by atoms with E-state index in [1.807, 2.05) is 0 Å². The molecule has 0 amide bonds. The van der Waals surface area contributed by atoms with E-state index in [2.05, 4.69) is 66.6 Å². The van der Waals surface area contributed by atoms with Gasteiger partial charge in [0.2, 0.25) is 0 Å². The fourth-order valence-corrected chi connectivity index (χ4v) is 3.46. The van der Waals surface area contributed by atoms with E-state index in [1.165, 1.54) is 5.56 Å². The van der Waals surface area contributed by atoms with Crippen molar-refractivity contribution < 1.29 is 9.47 Å². The molecule has 0 aliphatic carbocycles. The normalized spacial score (nSPS) is 18.4. The van der Waals surface area contributed by atoms with E-state index in [0.717, 1.165) is 71.3 Å². The number of hydrogen-bond donors (Lipinski definition) is 2. The Morgan fingerprint density at radius 1 is 1.21 bits per heavy atom. The minimum atomic E-state index is 0.280. The van der Waals surface area contributed by atoms with Gasteiger partial charge in [-0.2, -0.15) is 0 Å². The molecular formula is C22H38N4O2.